The molecule has 0 saturated carbocycles. The smallest absolute Gasteiger partial charge is 0.0571 e. The summed E-state index contributed by atoms with van der Waals surface area (Å²) >= 11 is 0. The number of hydrogen-bond donors (Lipinski definition) is 1. The molecule has 0 aromatic heterocycles. The van der Waals surface area contributed by atoms with Crippen LogP contribution >= 0.6 is 0 Å². The molecule has 0 spiro atoms. The Kier molecular flexibility index (Phi) is 0.383. The predicted octanol–water partition coefficient (Wildman–Crippen LogP) is -0.375. The van der Waals surface area contributed by atoms with Crippen molar-refractivity contribution in [2.75, 3.05) is 19.7 Å². The molecule has 0 aromatic carbocycles. The molecule has 0 bridgehead atoms. The number of aliphatic hydroxyl groups is 1. The number of hydrogen-bond acceptors (Lipinski definition) is 2. The van der Waals surface area contributed by atoms with Gasteiger partial charge in [0.1, 0.15) is 0 Å². The highest BCUT2D eigenvalue weighted by atomic mass is 16.5. The van der Waals surface area contributed by atoms with E-state index in [1.54, 1.807) is 0 Å². The molecule has 1 rings (SSSR count). The summed E-state index contributed by atoms with van der Waals surface area (Å²) in [5.74, 6) is -1.80. The summed E-state index contributed by atoms with van der Waals surface area (Å²) in [6.07, 6.45) is 0. The molecule has 2 heteroatoms. The van der Waals surface area contributed by atoms with Gasteiger partial charge in [-0.3, -0.25) is 0 Å². The van der Waals surface area contributed by atoms with Gasteiger partial charge >= 0.3 is 0 Å². The largest absolute Gasteiger partial charge is 0.396 e. The minimum atomic E-state index is -2.17. The fraction of sp³-hybridized carbons (Fsp3) is 1.00. The zero-order valence-corrected chi connectivity index (χ0v) is 3.14. The maximum absolute atomic E-state index is 8.52. The van der Waals surface area contributed by atoms with E-state index in [0.29, 0.717) is 0 Å². The van der Waals surface area contributed by atoms with Crippen molar-refractivity contribution in [3.63, 3.8) is 0 Å². The van der Waals surface area contributed by atoms with Crippen molar-refractivity contribution in [2.45, 2.75) is 0 Å². The van der Waals surface area contributed by atoms with Crippen molar-refractivity contribution in [1.82, 2.24) is 0 Å². The van der Waals surface area contributed by atoms with Crippen LogP contribution in [-0.4, -0.2) is 24.9 Å². The average molecular weight is 92.1 g/mol. The first-order valence-electron chi connectivity index (χ1n) is 3.73. The van der Waals surface area contributed by atoms with Gasteiger partial charge in [-0.2, -0.15) is 0 Å². The van der Waals surface area contributed by atoms with Crippen molar-refractivity contribution in [2.24, 2.45) is 5.89 Å². The Morgan fingerprint density at radius 1 is 2.33 bits per heavy atom. The normalized spacial score (nSPS) is 75.2. The van der Waals surface area contributed by atoms with E-state index in [-0.39, 0.29) is 0 Å². The second kappa shape index (κ2) is 1.58. The quantitative estimate of drug-likeness (QED) is 0.478. The molecule has 0 radical (unpaired) electrons. The fourth-order valence-electron chi connectivity index (χ4n) is 0.212. The molecule has 1 saturated heterocycles. The van der Waals surface area contributed by atoms with Crippen LogP contribution in [0.3, 0.4) is 0 Å². The molecule has 2 unspecified atom stereocenters. The molecule has 2 atom stereocenters. The molecule has 1 aliphatic rings. The second-order valence-corrected chi connectivity index (χ2v) is 1.02. The Labute approximate surface area is 42.4 Å². The minimum absolute atomic E-state index is 0.686. The van der Waals surface area contributed by atoms with Gasteiger partial charge in [0.25, 0.3) is 0 Å². The van der Waals surface area contributed by atoms with Crippen LogP contribution < -0.4 is 0 Å². The molecule has 0 amide bonds. The molecular weight excluding hydrogens is 80.0 g/mol. The molecule has 0 aliphatic carbocycles. The van der Waals surface area contributed by atoms with Gasteiger partial charge in [-0.05, 0) is 0 Å². The maximum atomic E-state index is 8.52. The lowest BCUT2D eigenvalue weighted by molar-refractivity contribution is -0.0554. The van der Waals surface area contributed by atoms with Crippen molar-refractivity contribution in [3.05, 3.63) is 0 Å². The number of rotatable bonds is 1. The standard InChI is InChI=1S/C4H8O2/c5-1-4-2-6-3-4/h4-5H,1-3H2/i2D,3D2,4D. The van der Waals surface area contributed by atoms with E-state index in [0.717, 1.165) is 0 Å². The van der Waals surface area contributed by atoms with E-state index in [1.807, 2.05) is 0 Å². The van der Waals surface area contributed by atoms with Gasteiger partial charge in [0.2, 0.25) is 0 Å². The molecule has 1 fully saturated rings. The van der Waals surface area contributed by atoms with E-state index in [2.05, 4.69) is 4.74 Å². The van der Waals surface area contributed by atoms with Gasteiger partial charge < -0.3 is 9.84 Å². The van der Waals surface area contributed by atoms with Crippen LogP contribution in [0.4, 0.5) is 0 Å². The Morgan fingerprint density at radius 2 is 3.17 bits per heavy atom. The molecular formula is C4H8O2. The summed E-state index contributed by atoms with van der Waals surface area (Å²) < 4.78 is 32.2. The van der Waals surface area contributed by atoms with Crippen LogP contribution in [0.15, 0.2) is 0 Å². The molecule has 36 valence electrons. The lowest BCUT2D eigenvalue weighted by Crippen LogP contribution is -2.30. The Balaban J connectivity index is 2.73. The first-order valence-corrected chi connectivity index (χ1v) is 1.65. The first kappa shape index (κ1) is 1.46. The van der Waals surface area contributed by atoms with Crippen LogP contribution in [0, 0.1) is 5.89 Å². The van der Waals surface area contributed by atoms with Gasteiger partial charge in [0.15, 0.2) is 0 Å². The van der Waals surface area contributed by atoms with Crippen LogP contribution in [0.1, 0.15) is 5.48 Å². The highest BCUT2D eigenvalue weighted by Gasteiger charge is 2.15. The Bertz CT molecular complexity index is 150. The first-order chi connectivity index (χ1) is 4.44. The molecule has 1 aliphatic heterocycles. The third kappa shape index (κ3) is 0.533. The van der Waals surface area contributed by atoms with Crippen LogP contribution in [0.25, 0.3) is 0 Å². The zero-order valence-electron chi connectivity index (χ0n) is 7.14. The van der Waals surface area contributed by atoms with Crippen molar-refractivity contribution in [3.8, 4) is 0 Å². The lowest BCUT2D eigenvalue weighted by Gasteiger charge is -2.22. The summed E-state index contributed by atoms with van der Waals surface area (Å²) in [7, 11) is 0. The summed E-state index contributed by atoms with van der Waals surface area (Å²) in [6.45, 7) is -4.13. The fourth-order valence-corrected chi connectivity index (χ4v) is 0.212. The minimum Gasteiger partial charge on any atom is -0.396 e. The molecule has 1 heterocycles. The molecule has 0 aromatic rings. The molecule has 1 N–H and O–H groups in total. The topological polar surface area (TPSA) is 29.5 Å². The van der Waals surface area contributed by atoms with E-state index < -0.39 is 25.6 Å². The highest BCUT2D eigenvalue weighted by molar-refractivity contribution is 4.61. The van der Waals surface area contributed by atoms with Gasteiger partial charge in [-0.15, -0.1) is 0 Å². The summed E-state index contributed by atoms with van der Waals surface area (Å²) in [5.41, 5.74) is 0. The van der Waals surface area contributed by atoms with E-state index in [9.17, 15) is 0 Å². The summed E-state index contributed by atoms with van der Waals surface area (Å²) in [5, 5.41) is 8.52. The highest BCUT2D eigenvalue weighted by Crippen LogP contribution is 2.06. The van der Waals surface area contributed by atoms with Crippen molar-refractivity contribution < 1.29 is 15.3 Å². The zero-order chi connectivity index (χ0) is 7.99. The lowest BCUT2D eigenvalue weighted by atomic mass is 10.1. The van der Waals surface area contributed by atoms with Gasteiger partial charge in [0.05, 0.1) is 23.9 Å². The average Bonchev–Trinajstić information content (AvgIpc) is 1.85. The van der Waals surface area contributed by atoms with Gasteiger partial charge in [-0.1, -0.05) is 0 Å². The summed E-state index contributed by atoms with van der Waals surface area (Å²) in [4.78, 5) is 0. The Hall–Kier alpha value is -0.0800. The van der Waals surface area contributed by atoms with Gasteiger partial charge in [-0.25, -0.2) is 0 Å². The SMILES string of the molecule is [2H]C1OC([2H])([2H])C1([2H])CO. The third-order valence-electron chi connectivity index (χ3n) is 0.562. The van der Waals surface area contributed by atoms with Gasteiger partial charge in [0, 0.05) is 7.26 Å². The third-order valence-corrected chi connectivity index (χ3v) is 0.562. The van der Waals surface area contributed by atoms with E-state index in [4.69, 9.17) is 10.6 Å². The summed E-state index contributed by atoms with van der Waals surface area (Å²) in [6, 6.07) is 0. The molecule has 6 heavy (non-hydrogen) atoms. The van der Waals surface area contributed by atoms with E-state index >= 15 is 0 Å². The molecule has 2 nitrogen and oxygen atoms in total. The van der Waals surface area contributed by atoms with Crippen molar-refractivity contribution in [1.29, 1.82) is 0 Å². The van der Waals surface area contributed by atoms with Crippen LogP contribution in [-0.2, 0) is 4.74 Å². The van der Waals surface area contributed by atoms with E-state index in [1.165, 1.54) is 0 Å². The predicted molar refractivity (Wildman–Crippen MR) is 21.4 cm³/mol. The maximum Gasteiger partial charge on any atom is 0.0571 e. The monoisotopic (exact) mass is 92.1 g/mol. The Morgan fingerprint density at radius 3 is 3.33 bits per heavy atom. The second-order valence-electron chi connectivity index (χ2n) is 1.02. The van der Waals surface area contributed by atoms with Crippen LogP contribution in [0.5, 0.6) is 0 Å². The van der Waals surface area contributed by atoms with Crippen molar-refractivity contribution >= 4 is 0 Å². The number of aliphatic hydroxyl groups excluding tert-OH is 1. The number of ether oxygens (including phenoxy) is 1. The van der Waals surface area contributed by atoms with Crippen LogP contribution in [0.2, 0.25) is 0 Å².